The van der Waals surface area contributed by atoms with Gasteiger partial charge in [-0.2, -0.15) is 0 Å². The van der Waals surface area contributed by atoms with E-state index in [1.807, 2.05) is 27.1 Å². The number of nitrogens with zero attached hydrogens (tertiary/aromatic N) is 1. The molecule has 0 fully saturated rings. The highest BCUT2D eigenvalue weighted by Crippen LogP contribution is 2.31. The number of hydrogen-bond donors (Lipinski definition) is 1. The molecule has 4 heteroatoms. The van der Waals surface area contributed by atoms with Crippen LogP contribution >= 0.6 is 15.9 Å². The Bertz CT molecular complexity index is 519. The maximum Gasteiger partial charge on any atom is 0.147 e. The van der Waals surface area contributed by atoms with Crippen LogP contribution in [0.25, 0.3) is 10.9 Å². The molecule has 1 aromatic heterocycles. The van der Waals surface area contributed by atoms with Gasteiger partial charge in [0.05, 0.1) is 5.69 Å². The van der Waals surface area contributed by atoms with Crippen LogP contribution in [0.15, 0.2) is 22.7 Å². The van der Waals surface area contributed by atoms with Crippen molar-refractivity contribution in [3.05, 3.63) is 28.4 Å². The number of likely N-dealkylation sites (N-methyl/N-ethyl adjacent to an activating group) is 1. The van der Waals surface area contributed by atoms with Gasteiger partial charge < -0.3 is 14.6 Å². The van der Waals surface area contributed by atoms with Crippen molar-refractivity contribution in [2.24, 2.45) is 0 Å². The fourth-order valence-electron chi connectivity index (χ4n) is 1.79. The summed E-state index contributed by atoms with van der Waals surface area (Å²) in [6.45, 7) is 3.66. The van der Waals surface area contributed by atoms with Crippen LogP contribution in [0.5, 0.6) is 5.75 Å². The molecule has 0 amide bonds. The third-order valence-corrected chi connectivity index (χ3v) is 3.17. The number of hydrogen-bond acceptors (Lipinski definition) is 2. The minimum atomic E-state index is 0.702. The number of benzene rings is 1. The summed E-state index contributed by atoms with van der Waals surface area (Å²) in [7, 11) is 4.09. The molecule has 0 saturated heterocycles. The Morgan fingerprint density at radius 1 is 1.35 bits per heavy atom. The van der Waals surface area contributed by atoms with E-state index in [-0.39, 0.29) is 0 Å². The van der Waals surface area contributed by atoms with Crippen molar-refractivity contribution in [1.82, 2.24) is 9.88 Å². The third kappa shape index (κ3) is 2.82. The number of ether oxygens (including phenoxy) is 1. The number of aryl methyl sites for hydroxylation is 1. The molecule has 1 aromatic carbocycles. The molecule has 1 heterocycles. The van der Waals surface area contributed by atoms with Crippen LogP contribution in [0.3, 0.4) is 0 Å². The quantitative estimate of drug-likeness (QED) is 0.939. The van der Waals surface area contributed by atoms with Gasteiger partial charge in [0.2, 0.25) is 0 Å². The summed E-state index contributed by atoms with van der Waals surface area (Å²) in [6, 6.07) is 6.18. The van der Waals surface area contributed by atoms with Gasteiger partial charge in [-0.1, -0.05) is 15.9 Å². The van der Waals surface area contributed by atoms with Crippen LogP contribution in [-0.4, -0.2) is 37.1 Å². The molecule has 0 aliphatic rings. The average Bonchev–Trinajstić information content (AvgIpc) is 2.55. The predicted molar refractivity (Wildman–Crippen MR) is 74.8 cm³/mol. The zero-order valence-corrected chi connectivity index (χ0v) is 12.0. The number of fused-ring (bicyclic) bond motifs is 1. The van der Waals surface area contributed by atoms with E-state index in [9.17, 15) is 0 Å². The molecular formula is C13H17BrN2O. The molecule has 1 N–H and O–H groups in total. The van der Waals surface area contributed by atoms with Crippen molar-refractivity contribution < 1.29 is 4.74 Å². The largest absolute Gasteiger partial charge is 0.490 e. The molecule has 0 spiro atoms. The average molecular weight is 297 g/mol. The molecular weight excluding hydrogens is 280 g/mol. The number of aromatic nitrogens is 1. The van der Waals surface area contributed by atoms with E-state index in [1.165, 1.54) is 0 Å². The highest BCUT2D eigenvalue weighted by molar-refractivity contribution is 9.10. The van der Waals surface area contributed by atoms with E-state index in [0.29, 0.717) is 6.61 Å². The Kier molecular flexibility index (Phi) is 3.74. The van der Waals surface area contributed by atoms with E-state index in [1.54, 1.807) is 0 Å². The zero-order chi connectivity index (χ0) is 12.4. The van der Waals surface area contributed by atoms with Crippen LogP contribution in [0, 0.1) is 6.92 Å². The molecule has 0 aliphatic heterocycles. The standard InChI is InChI=1S/C13H17BrN2O/c1-9-13(17-7-6-16(2)3)11-8-10(14)4-5-12(11)15-9/h4-5,8,15H,6-7H2,1-3H3. The molecule has 3 nitrogen and oxygen atoms in total. The molecule has 0 atom stereocenters. The summed E-state index contributed by atoms with van der Waals surface area (Å²) in [6.07, 6.45) is 0. The topological polar surface area (TPSA) is 28.3 Å². The fraction of sp³-hybridized carbons (Fsp3) is 0.385. The van der Waals surface area contributed by atoms with Gasteiger partial charge in [0.25, 0.3) is 0 Å². The third-order valence-electron chi connectivity index (χ3n) is 2.67. The van der Waals surface area contributed by atoms with Crippen LogP contribution in [-0.2, 0) is 0 Å². The van der Waals surface area contributed by atoms with Gasteiger partial charge in [0.1, 0.15) is 12.4 Å². The van der Waals surface area contributed by atoms with Crippen molar-refractivity contribution in [3.63, 3.8) is 0 Å². The monoisotopic (exact) mass is 296 g/mol. The Morgan fingerprint density at radius 3 is 2.82 bits per heavy atom. The van der Waals surface area contributed by atoms with E-state index < -0.39 is 0 Å². The molecule has 17 heavy (non-hydrogen) atoms. The van der Waals surface area contributed by atoms with Crippen molar-refractivity contribution in [1.29, 1.82) is 0 Å². The van der Waals surface area contributed by atoms with Crippen molar-refractivity contribution in [2.75, 3.05) is 27.2 Å². The molecule has 0 unspecified atom stereocenters. The first kappa shape index (κ1) is 12.5. The summed E-state index contributed by atoms with van der Waals surface area (Å²) >= 11 is 3.49. The number of rotatable bonds is 4. The first-order valence-corrected chi connectivity index (χ1v) is 6.42. The minimum Gasteiger partial charge on any atom is -0.490 e. The lowest BCUT2D eigenvalue weighted by Gasteiger charge is -2.11. The summed E-state index contributed by atoms with van der Waals surface area (Å²) in [5.74, 6) is 0.961. The molecule has 92 valence electrons. The van der Waals surface area contributed by atoms with E-state index in [4.69, 9.17) is 4.74 Å². The molecule has 2 rings (SSSR count). The second-order valence-electron chi connectivity index (χ2n) is 4.42. The highest BCUT2D eigenvalue weighted by atomic mass is 79.9. The normalized spacial score (nSPS) is 11.4. The fourth-order valence-corrected chi connectivity index (χ4v) is 2.15. The minimum absolute atomic E-state index is 0.702. The summed E-state index contributed by atoms with van der Waals surface area (Å²) in [5.41, 5.74) is 2.20. The second-order valence-corrected chi connectivity index (χ2v) is 5.34. The van der Waals surface area contributed by atoms with Crippen LogP contribution in [0.1, 0.15) is 5.69 Å². The van der Waals surface area contributed by atoms with Crippen LogP contribution in [0.4, 0.5) is 0 Å². The summed E-state index contributed by atoms with van der Waals surface area (Å²) < 4.78 is 6.93. The molecule has 2 aromatic rings. The first-order chi connectivity index (χ1) is 8.08. The van der Waals surface area contributed by atoms with Gasteiger partial charge in [0, 0.05) is 21.9 Å². The number of H-pyrrole nitrogens is 1. The second kappa shape index (κ2) is 5.10. The highest BCUT2D eigenvalue weighted by Gasteiger charge is 2.09. The molecule has 0 aliphatic carbocycles. The summed E-state index contributed by atoms with van der Waals surface area (Å²) in [4.78, 5) is 5.44. The SMILES string of the molecule is Cc1[nH]c2ccc(Br)cc2c1OCCN(C)C. The van der Waals surface area contributed by atoms with Gasteiger partial charge in [-0.15, -0.1) is 0 Å². The molecule has 0 bridgehead atoms. The van der Waals surface area contributed by atoms with E-state index >= 15 is 0 Å². The Balaban J connectivity index is 2.26. The van der Waals surface area contributed by atoms with Crippen molar-refractivity contribution in [2.45, 2.75) is 6.92 Å². The Morgan fingerprint density at radius 2 is 2.12 bits per heavy atom. The Labute approximate surface area is 110 Å². The van der Waals surface area contributed by atoms with Crippen molar-refractivity contribution >= 4 is 26.8 Å². The summed E-state index contributed by atoms with van der Waals surface area (Å²) in [5, 5.41) is 1.13. The predicted octanol–water partition coefficient (Wildman–Crippen LogP) is 3.18. The lowest BCUT2D eigenvalue weighted by molar-refractivity contribution is 0.262. The smallest absolute Gasteiger partial charge is 0.147 e. The maximum absolute atomic E-state index is 5.86. The lowest BCUT2D eigenvalue weighted by Crippen LogP contribution is -2.19. The van der Waals surface area contributed by atoms with E-state index in [2.05, 4.69) is 37.9 Å². The van der Waals surface area contributed by atoms with Gasteiger partial charge in [0.15, 0.2) is 0 Å². The molecule has 0 saturated carbocycles. The van der Waals surface area contributed by atoms with Gasteiger partial charge >= 0.3 is 0 Å². The van der Waals surface area contributed by atoms with Gasteiger partial charge in [-0.3, -0.25) is 0 Å². The number of halogens is 1. The lowest BCUT2D eigenvalue weighted by atomic mass is 10.2. The van der Waals surface area contributed by atoms with Crippen LogP contribution in [0.2, 0.25) is 0 Å². The van der Waals surface area contributed by atoms with Gasteiger partial charge in [-0.05, 0) is 39.2 Å². The number of nitrogens with one attached hydrogen (secondary N) is 1. The zero-order valence-electron chi connectivity index (χ0n) is 10.4. The van der Waals surface area contributed by atoms with E-state index in [0.717, 1.165) is 33.4 Å². The first-order valence-electron chi connectivity index (χ1n) is 5.63. The van der Waals surface area contributed by atoms with Crippen LogP contribution < -0.4 is 4.74 Å². The Hall–Kier alpha value is -1.00. The molecule has 0 radical (unpaired) electrons. The maximum atomic E-state index is 5.86. The van der Waals surface area contributed by atoms with Gasteiger partial charge in [-0.25, -0.2) is 0 Å². The number of aromatic amines is 1. The van der Waals surface area contributed by atoms with Crippen molar-refractivity contribution in [3.8, 4) is 5.75 Å².